The third-order valence-electron chi connectivity index (χ3n) is 2.61. The number of hydrogen-bond acceptors (Lipinski definition) is 3. The molecule has 0 heterocycles. The van der Waals surface area contributed by atoms with E-state index in [0.717, 1.165) is 6.42 Å². The third kappa shape index (κ3) is 5.38. The predicted molar refractivity (Wildman–Crippen MR) is 58.2 cm³/mol. The first-order valence-corrected chi connectivity index (χ1v) is 5.18. The first-order chi connectivity index (χ1) is 7.02. The van der Waals surface area contributed by atoms with E-state index in [1.807, 2.05) is 13.8 Å². The largest absolute Gasteiger partial charge is 0.382 e. The van der Waals surface area contributed by atoms with Gasteiger partial charge in [-0.25, -0.2) is 0 Å². The molecule has 86 valence electrons. The molecular formula is C11H20N2O2. The molecule has 0 aromatic rings. The van der Waals surface area contributed by atoms with Crippen molar-refractivity contribution in [3.63, 3.8) is 0 Å². The van der Waals surface area contributed by atoms with E-state index in [1.165, 1.54) is 0 Å². The van der Waals surface area contributed by atoms with E-state index in [9.17, 15) is 4.79 Å². The monoisotopic (exact) mass is 212 g/mol. The van der Waals surface area contributed by atoms with Gasteiger partial charge in [-0.2, -0.15) is 5.26 Å². The SMILES string of the molecule is COC(C)CCC(=O)N(C)C(C)CC#N. The Kier molecular flexibility index (Phi) is 6.72. The smallest absolute Gasteiger partial charge is 0.222 e. The minimum Gasteiger partial charge on any atom is -0.382 e. The number of methoxy groups -OCH3 is 1. The van der Waals surface area contributed by atoms with E-state index in [1.54, 1.807) is 19.1 Å². The van der Waals surface area contributed by atoms with Crippen molar-refractivity contribution in [1.29, 1.82) is 5.26 Å². The maximum absolute atomic E-state index is 11.6. The fourth-order valence-corrected chi connectivity index (χ4v) is 1.14. The quantitative estimate of drug-likeness (QED) is 0.671. The van der Waals surface area contributed by atoms with Crippen LogP contribution in [0.25, 0.3) is 0 Å². The third-order valence-corrected chi connectivity index (χ3v) is 2.61. The van der Waals surface area contributed by atoms with Gasteiger partial charge in [0, 0.05) is 26.6 Å². The maximum Gasteiger partial charge on any atom is 0.222 e. The second-order valence-corrected chi connectivity index (χ2v) is 3.80. The number of nitrogens with zero attached hydrogens (tertiary/aromatic N) is 2. The molecule has 0 spiro atoms. The highest BCUT2D eigenvalue weighted by Gasteiger charge is 2.15. The van der Waals surface area contributed by atoms with E-state index in [2.05, 4.69) is 6.07 Å². The molecule has 0 aromatic heterocycles. The van der Waals surface area contributed by atoms with E-state index in [-0.39, 0.29) is 18.1 Å². The lowest BCUT2D eigenvalue weighted by molar-refractivity contribution is -0.132. The molecule has 0 saturated carbocycles. The molecule has 0 rings (SSSR count). The second-order valence-electron chi connectivity index (χ2n) is 3.80. The van der Waals surface area contributed by atoms with Crippen LogP contribution in [-0.2, 0) is 9.53 Å². The Bertz CT molecular complexity index is 235. The Morgan fingerprint density at radius 2 is 2.13 bits per heavy atom. The number of carbonyl (C=O) groups is 1. The number of nitriles is 1. The van der Waals surface area contributed by atoms with Crippen LogP contribution in [0.4, 0.5) is 0 Å². The minimum absolute atomic E-state index is 0.0136. The standard InChI is InChI=1S/C11H20N2O2/c1-9(7-8-12)13(3)11(14)6-5-10(2)15-4/h9-10H,5-7H2,1-4H3. The molecule has 0 aliphatic rings. The van der Waals surface area contributed by atoms with Gasteiger partial charge in [0.25, 0.3) is 0 Å². The molecule has 1 amide bonds. The van der Waals surface area contributed by atoms with E-state index >= 15 is 0 Å². The Morgan fingerprint density at radius 1 is 1.53 bits per heavy atom. The summed E-state index contributed by atoms with van der Waals surface area (Å²) in [7, 11) is 3.37. The van der Waals surface area contributed by atoms with Gasteiger partial charge in [0.15, 0.2) is 0 Å². The van der Waals surface area contributed by atoms with Crippen LogP contribution < -0.4 is 0 Å². The van der Waals surface area contributed by atoms with E-state index < -0.39 is 0 Å². The number of carbonyl (C=O) groups excluding carboxylic acids is 1. The highest BCUT2D eigenvalue weighted by atomic mass is 16.5. The highest BCUT2D eigenvalue weighted by molar-refractivity contribution is 5.76. The average molecular weight is 212 g/mol. The van der Waals surface area contributed by atoms with Gasteiger partial charge in [-0.3, -0.25) is 4.79 Å². The molecule has 15 heavy (non-hydrogen) atoms. The first-order valence-electron chi connectivity index (χ1n) is 5.18. The summed E-state index contributed by atoms with van der Waals surface area (Å²) < 4.78 is 5.07. The molecular weight excluding hydrogens is 192 g/mol. The normalized spacial score (nSPS) is 14.1. The highest BCUT2D eigenvalue weighted by Crippen LogP contribution is 2.07. The van der Waals surface area contributed by atoms with Gasteiger partial charge in [0.05, 0.1) is 18.6 Å². The molecule has 0 aliphatic carbocycles. The number of ether oxygens (including phenoxy) is 1. The van der Waals surface area contributed by atoms with Crippen LogP contribution in [-0.4, -0.2) is 37.1 Å². The zero-order valence-corrected chi connectivity index (χ0v) is 9.99. The van der Waals surface area contributed by atoms with Crippen molar-refractivity contribution in [3.8, 4) is 6.07 Å². The predicted octanol–water partition coefficient (Wildman–Crippen LogP) is 1.56. The average Bonchev–Trinajstić information content (AvgIpc) is 2.24. The summed E-state index contributed by atoms with van der Waals surface area (Å²) in [5.74, 6) is 0.0710. The molecule has 2 unspecified atom stereocenters. The molecule has 0 N–H and O–H groups in total. The lowest BCUT2D eigenvalue weighted by Gasteiger charge is -2.23. The molecule has 0 radical (unpaired) electrons. The maximum atomic E-state index is 11.6. The fraction of sp³-hybridized carbons (Fsp3) is 0.818. The Balaban J connectivity index is 3.94. The lowest BCUT2D eigenvalue weighted by Crippen LogP contribution is -2.35. The van der Waals surface area contributed by atoms with Crippen LogP contribution in [0.2, 0.25) is 0 Å². The van der Waals surface area contributed by atoms with Gasteiger partial charge in [-0.15, -0.1) is 0 Å². The molecule has 0 saturated heterocycles. The van der Waals surface area contributed by atoms with Crippen molar-refractivity contribution in [2.75, 3.05) is 14.2 Å². The zero-order valence-electron chi connectivity index (χ0n) is 9.99. The van der Waals surface area contributed by atoms with Gasteiger partial charge in [0.2, 0.25) is 5.91 Å². The Labute approximate surface area is 91.8 Å². The molecule has 0 bridgehead atoms. The van der Waals surface area contributed by atoms with Crippen molar-refractivity contribution in [2.45, 2.75) is 45.3 Å². The van der Waals surface area contributed by atoms with E-state index in [0.29, 0.717) is 12.8 Å². The molecule has 2 atom stereocenters. The van der Waals surface area contributed by atoms with Crippen LogP contribution in [0.3, 0.4) is 0 Å². The first kappa shape index (κ1) is 13.9. The van der Waals surface area contributed by atoms with E-state index in [4.69, 9.17) is 10.00 Å². The second kappa shape index (κ2) is 7.24. The molecule has 0 aromatic carbocycles. The molecule has 4 nitrogen and oxygen atoms in total. The Morgan fingerprint density at radius 3 is 2.60 bits per heavy atom. The molecule has 0 fully saturated rings. The summed E-state index contributed by atoms with van der Waals surface area (Å²) in [4.78, 5) is 13.3. The number of hydrogen-bond donors (Lipinski definition) is 0. The van der Waals surface area contributed by atoms with Crippen molar-refractivity contribution in [1.82, 2.24) is 4.90 Å². The van der Waals surface area contributed by atoms with Gasteiger partial charge in [-0.05, 0) is 20.3 Å². The van der Waals surface area contributed by atoms with Crippen molar-refractivity contribution in [3.05, 3.63) is 0 Å². The lowest BCUT2D eigenvalue weighted by atomic mass is 10.1. The van der Waals surface area contributed by atoms with Crippen molar-refractivity contribution in [2.24, 2.45) is 0 Å². The van der Waals surface area contributed by atoms with Crippen LogP contribution in [0.5, 0.6) is 0 Å². The summed E-state index contributed by atoms with van der Waals surface area (Å²) in [5.41, 5.74) is 0. The van der Waals surface area contributed by atoms with Crippen molar-refractivity contribution >= 4 is 5.91 Å². The minimum atomic E-state index is -0.0136. The summed E-state index contributed by atoms with van der Waals surface area (Å²) in [6, 6.07) is 2.05. The fourth-order valence-electron chi connectivity index (χ4n) is 1.14. The summed E-state index contributed by atoms with van der Waals surface area (Å²) >= 11 is 0. The summed E-state index contributed by atoms with van der Waals surface area (Å²) in [6.45, 7) is 3.81. The summed E-state index contributed by atoms with van der Waals surface area (Å²) in [6.07, 6.45) is 1.68. The number of amides is 1. The van der Waals surface area contributed by atoms with Gasteiger partial charge in [-0.1, -0.05) is 0 Å². The van der Waals surface area contributed by atoms with Gasteiger partial charge in [0.1, 0.15) is 0 Å². The topological polar surface area (TPSA) is 53.3 Å². The summed E-state index contributed by atoms with van der Waals surface area (Å²) in [5, 5.41) is 8.52. The van der Waals surface area contributed by atoms with Crippen LogP contribution in [0.15, 0.2) is 0 Å². The Hall–Kier alpha value is -1.08. The van der Waals surface area contributed by atoms with Crippen LogP contribution in [0, 0.1) is 11.3 Å². The van der Waals surface area contributed by atoms with Crippen LogP contribution in [0.1, 0.15) is 33.1 Å². The van der Waals surface area contributed by atoms with Crippen LogP contribution >= 0.6 is 0 Å². The van der Waals surface area contributed by atoms with Gasteiger partial charge < -0.3 is 9.64 Å². The molecule has 0 aliphatic heterocycles. The zero-order chi connectivity index (χ0) is 11.8. The number of rotatable bonds is 6. The molecule has 4 heteroatoms. The van der Waals surface area contributed by atoms with Gasteiger partial charge >= 0.3 is 0 Å². The van der Waals surface area contributed by atoms with Crippen molar-refractivity contribution < 1.29 is 9.53 Å².